The summed E-state index contributed by atoms with van der Waals surface area (Å²) in [5, 5.41) is 8.73. The van der Waals surface area contributed by atoms with Crippen molar-refractivity contribution in [2.24, 2.45) is 11.3 Å². The summed E-state index contributed by atoms with van der Waals surface area (Å²) < 4.78 is 5.52. The van der Waals surface area contributed by atoms with Gasteiger partial charge in [0.25, 0.3) is 0 Å². The topological polar surface area (TPSA) is 46.5 Å². The summed E-state index contributed by atoms with van der Waals surface area (Å²) in [5.41, 5.74) is 0.327. The lowest BCUT2D eigenvalue weighted by molar-refractivity contribution is -0.158. The minimum absolute atomic E-state index is 0.0741. The first-order chi connectivity index (χ1) is 5.21. The van der Waals surface area contributed by atoms with Gasteiger partial charge < -0.3 is 9.84 Å². The molecule has 4 rings (SSSR count). The third-order valence-corrected chi connectivity index (χ3v) is 3.52. The van der Waals surface area contributed by atoms with Gasteiger partial charge in [-0.3, -0.25) is 4.79 Å². The van der Waals surface area contributed by atoms with Gasteiger partial charge in [0.2, 0.25) is 0 Å². The van der Waals surface area contributed by atoms with Crippen LogP contribution in [0.1, 0.15) is 19.3 Å². The van der Waals surface area contributed by atoms with Gasteiger partial charge in [0.15, 0.2) is 0 Å². The molecule has 0 radical (unpaired) electrons. The van der Waals surface area contributed by atoms with Crippen LogP contribution in [0.25, 0.3) is 0 Å². The fourth-order valence-electron chi connectivity index (χ4n) is 2.93. The highest BCUT2D eigenvalue weighted by molar-refractivity contribution is 5.73. The monoisotopic (exact) mass is 154 g/mol. The number of carboxylic acids is 1. The zero-order valence-corrected chi connectivity index (χ0v) is 6.12. The Morgan fingerprint density at radius 1 is 1.45 bits per heavy atom. The van der Waals surface area contributed by atoms with E-state index >= 15 is 0 Å². The molecular weight excluding hydrogens is 144 g/mol. The molecule has 3 heteroatoms. The molecule has 0 aromatic rings. The highest BCUT2D eigenvalue weighted by Crippen LogP contribution is 2.67. The van der Waals surface area contributed by atoms with Crippen molar-refractivity contribution in [1.29, 1.82) is 0 Å². The van der Waals surface area contributed by atoms with Crippen molar-refractivity contribution in [3.63, 3.8) is 0 Å². The van der Waals surface area contributed by atoms with Gasteiger partial charge in [0.05, 0.1) is 18.1 Å². The maximum atomic E-state index is 10.6. The highest BCUT2D eigenvalue weighted by atomic mass is 16.5. The average Bonchev–Trinajstić information content (AvgIpc) is 2.14. The highest BCUT2D eigenvalue weighted by Gasteiger charge is 2.69. The Morgan fingerprint density at radius 3 is 2.73 bits per heavy atom. The molecule has 2 bridgehead atoms. The summed E-state index contributed by atoms with van der Waals surface area (Å²) in [5.74, 6) is -0.865. The minimum Gasteiger partial charge on any atom is -0.481 e. The zero-order valence-electron chi connectivity index (χ0n) is 6.12. The second kappa shape index (κ2) is 1.46. The van der Waals surface area contributed by atoms with Crippen LogP contribution in [0.2, 0.25) is 0 Å². The Balaban J connectivity index is 1.85. The van der Waals surface area contributed by atoms with Gasteiger partial charge in [-0.1, -0.05) is 0 Å². The quantitative estimate of drug-likeness (QED) is 0.602. The average molecular weight is 154 g/mol. The van der Waals surface area contributed by atoms with Crippen LogP contribution in [-0.2, 0) is 9.53 Å². The summed E-state index contributed by atoms with van der Waals surface area (Å²) in [6.45, 7) is 0. The van der Waals surface area contributed by atoms with E-state index < -0.39 is 5.97 Å². The van der Waals surface area contributed by atoms with E-state index in [4.69, 9.17) is 9.84 Å². The van der Waals surface area contributed by atoms with E-state index in [-0.39, 0.29) is 12.0 Å². The molecule has 11 heavy (non-hydrogen) atoms. The van der Waals surface area contributed by atoms with Crippen molar-refractivity contribution < 1.29 is 14.6 Å². The summed E-state index contributed by atoms with van der Waals surface area (Å²) >= 11 is 0. The molecular formula is C8H10O3. The summed E-state index contributed by atoms with van der Waals surface area (Å²) in [6.07, 6.45) is 3.60. The van der Waals surface area contributed by atoms with Crippen molar-refractivity contribution in [3.8, 4) is 0 Å². The van der Waals surface area contributed by atoms with E-state index in [1.165, 1.54) is 0 Å². The fourth-order valence-corrected chi connectivity index (χ4v) is 2.93. The molecule has 0 aromatic carbocycles. The number of ether oxygens (including phenoxy) is 1. The standard InChI is InChI=1S/C8H10O3/c9-7(10)5-3-8-1-4(2-8)11-6(5)8/h4-6H,1-3H2,(H,9,10). The van der Waals surface area contributed by atoms with Crippen LogP contribution < -0.4 is 0 Å². The minimum atomic E-state index is -0.673. The molecule has 2 saturated carbocycles. The van der Waals surface area contributed by atoms with Crippen LogP contribution in [0.4, 0.5) is 0 Å². The van der Waals surface area contributed by atoms with Gasteiger partial charge >= 0.3 is 5.97 Å². The third-order valence-electron chi connectivity index (χ3n) is 3.52. The van der Waals surface area contributed by atoms with E-state index in [9.17, 15) is 4.79 Å². The van der Waals surface area contributed by atoms with Crippen molar-refractivity contribution in [3.05, 3.63) is 0 Å². The van der Waals surface area contributed by atoms with Crippen molar-refractivity contribution in [1.82, 2.24) is 0 Å². The summed E-state index contributed by atoms with van der Waals surface area (Å²) in [7, 11) is 0. The van der Waals surface area contributed by atoms with Crippen LogP contribution in [0.15, 0.2) is 0 Å². The molecule has 0 aromatic heterocycles. The molecule has 2 heterocycles. The number of aliphatic carboxylic acids is 1. The first-order valence-corrected chi connectivity index (χ1v) is 4.10. The van der Waals surface area contributed by atoms with E-state index in [0.29, 0.717) is 11.5 Å². The Bertz CT molecular complexity index is 229. The number of carbonyl (C=O) groups is 1. The van der Waals surface area contributed by atoms with Crippen molar-refractivity contribution in [2.75, 3.05) is 0 Å². The number of carboxylic acid groups (broad SMARTS) is 1. The van der Waals surface area contributed by atoms with E-state index in [1.807, 2.05) is 0 Å². The number of rotatable bonds is 1. The van der Waals surface area contributed by atoms with Gasteiger partial charge in [-0.25, -0.2) is 0 Å². The van der Waals surface area contributed by atoms with E-state index in [1.54, 1.807) is 0 Å². The maximum Gasteiger partial charge on any atom is 0.309 e. The van der Waals surface area contributed by atoms with Crippen LogP contribution in [0.3, 0.4) is 0 Å². The summed E-state index contributed by atoms with van der Waals surface area (Å²) in [4.78, 5) is 10.6. The van der Waals surface area contributed by atoms with Crippen LogP contribution in [0, 0.1) is 11.3 Å². The molecule has 2 atom stereocenters. The SMILES string of the molecule is O=C(O)C1CC23CC(C2)OC13. The second-order valence-corrected chi connectivity index (χ2v) is 4.10. The predicted octanol–water partition coefficient (Wildman–Crippen LogP) is 0.639. The van der Waals surface area contributed by atoms with Crippen LogP contribution in [-0.4, -0.2) is 23.3 Å². The van der Waals surface area contributed by atoms with Crippen molar-refractivity contribution >= 4 is 5.97 Å². The van der Waals surface area contributed by atoms with Gasteiger partial charge in [-0.2, -0.15) is 0 Å². The molecule has 4 fully saturated rings. The summed E-state index contributed by atoms with van der Waals surface area (Å²) in [6, 6.07) is 0. The largest absolute Gasteiger partial charge is 0.481 e. The maximum absolute atomic E-state index is 10.6. The molecule has 4 aliphatic rings. The molecule has 2 aliphatic heterocycles. The van der Waals surface area contributed by atoms with Gasteiger partial charge in [-0.05, 0) is 19.3 Å². The lowest BCUT2D eigenvalue weighted by Gasteiger charge is -2.49. The van der Waals surface area contributed by atoms with E-state index in [2.05, 4.69) is 0 Å². The molecule has 2 aliphatic carbocycles. The predicted molar refractivity (Wildman–Crippen MR) is 36.1 cm³/mol. The molecule has 60 valence electrons. The molecule has 1 spiro atoms. The molecule has 2 saturated heterocycles. The molecule has 1 N–H and O–H groups in total. The second-order valence-electron chi connectivity index (χ2n) is 4.10. The molecule has 0 amide bonds. The van der Waals surface area contributed by atoms with Crippen LogP contribution in [0.5, 0.6) is 0 Å². The Hall–Kier alpha value is -0.570. The van der Waals surface area contributed by atoms with Gasteiger partial charge in [0.1, 0.15) is 0 Å². The zero-order chi connectivity index (χ0) is 7.64. The normalized spacial score (nSPS) is 57.6. The number of hydrogen-bond acceptors (Lipinski definition) is 2. The molecule has 2 unspecified atom stereocenters. The first kappa shape index (κ1) is 6.00. The fraction of sp³-hybridized carbons (Fsp3) is 0.875. The lowest BCUT2D eigenvalue weighted by Crippen LogP contribution is -2.53. The Labute approximate surface area is 64.3 Å². The molecule has 3 nitrogen and oxygen atoms in total. The van der Waals surface area contributed by atoms with E-state index in [0.717, 1.165) is 19.3 Å². The van der Waals surface area contributed by atoms with Crippen molar-refractivity contribution in [2.45, 2.75) is 31.5 Å². The Kier molecular flexibility index (Phi) is 0.796. The van der Waals surface area contributed by atoms with Gasteiger partial charge in [-0.15, -0.1) is 0 Å². The van der Waals surface area contributed by atoms with Gasteiger partial charge in [0, 0.05) is 5.41 Å². The lowest BCUT2D eigenvalue weighted by atomic mass is 9.52. The smallest absolute Gasteiger partial charge is 0.309 e. The Morgan fingerprint density at radius 2 is 2.18 bits per heavy atom. The third kappa shape index (κ3) is 0.495. The number of hydrogen-bond donors (Lipinski definition) is 1. The first-order valence-electron chi connectivity index (χ1n) is 4.10. The van der Waals surface area contributed by atoms with Crippen LogP contribution >= 0.6 is 0 Å².